The van der Waals surface area contributed by atoms with Crippen molar-refractivity contribution in [2.24, 2.45) is 5.92 Å². The van der Waals surface area contributed by atoms with E-state index in [1.165, 1.54) is 6.07 Å². The second kappa shape index (κ2) is 12.4. The summed E-state index contributed by atoms with van der Waals surface area (Å²) in [6.45, 7) is 6.79. The number of methoxy groups -OCH3 is 1. The Morgan fingerprint density at radius 2 is 1.50 bits per heavy atom. The van der Waals surface area contributed by atoms with Gasteiger partial charge in [0.25, 0.3) is 11.8 Å². The molecule has 2 heterocycles. The molecular formula is C31H34Cl2N4O3. The lowest BCUT2D eigenvalue weighted by atomic mass is 9.98. The smallest absolute Gasteiger partial charge is 0.257 e. The third kappa shape index (κ3) is 6.16. The van der Waals surface area contributed by atoms with Crippen molar-refractivity contribution >= 4 is 52.1 Å². The summed E-state index contributed by atoms with van der Waals surface area (Å²) in [5.74, 6) is 1.10. The van der Waals surface area contributed by atoms with E-state index >= 15 is 0 Å². The molecule has 2 saturated heterocycles. The van der Waals surface area contributed by atoms with Gasteiger partial charge in [-0.25, -0.2) is 0 Å². The lowest BCUT2D eigenvalue weighted by Gasteiger charge is -2.39. The van der Waals surface area contributed by atoms with Crippen LogP contribution in [0, 0.1) is 5.92 Å². The van der Waals surface area contributed by atoms with Crippen LogP contribution in [0.5, 0.6) is 5.75 Å². The zero-order chi connectivity index (χ0) is 28.2. The highest BCUT2D eigenvalue weighted by atomic mass is 35.5. The van der Waals surface area contributed by atoms with E-state index in [9.17, 15) is 9.59 Å². The van der Waals surface area contributed by atoms with E-state index in [4.69, 9.17) is 27.9 Å². The van der Waals surface area contributed by atoms with Crippen molar-refractivity contribution in [3.63, 3.8) is 0 Å². The quantitative estimate of drug-likeness (QED) is 0.363. The van der Waals surface area contributed by atoms with Gasteiger partial charge in [-0.3, -0.25) is 9.59 Å². The molecule has 5 rings (SSSR count). The van der Waals surface area contributed by atoms with Crippen molar-refractivity contribution in [2.45, 2.75) is 19.8 Å². The normalized spacial score (nSPS) is 16.1. The zero-order valence-electron chi connectivity index (χ0n) is 22.8. The molecule has 0 spiro atoms. The fourth-order valence-electron chi connectivity index (χ4n) is 5.39. The van der Waals surface area contributed by atoms with Gasteiger partial charge in [-0.05, 0) is 67.3 Å². The van der Waals surface area contributed by atoms with Gasteiger partial charge in [-0.1, -0.05) is 42.3 Å². The maximum atomic E-state index is 13.9. The minimum atomic E-state index is -0.356. The molecule has 0 atom stereocenters. The number of likely N-dealkylation sites (tertiary alicyclic amines) is 1. The summed E-state index contributed by atoms with van der Waals surface area (Å²) in [4.78, 5) is 33.4. The summed E-state index contributed by atoms with van der Waals surface area (Å²) < 4.78 is 5.57. The number of para-hydroxylation sites is 2. The molecule has 2 aliphatic heterocycles. The minimum Gasteiger partial charge on any atom is -0.495 e. The Labute approximate surface area is 245 Å². The highest BCUT2D eigenvalue weighted by molar-refractivity contribution is 6.37. The van der Waals surface area contributed by atoms with Crippen LogP contribution in [0.15, 0.2) is 60.7 Å². The van der Waals surface area contributed by atoms with Crippen LogP contribution < -0.4 is 19.9 Å². The van der Waals surface area contributed by atoms with Crippen molar-refractivity contribution in [1.82, 2.24) is 4.90 Å². The summed E-state index contributed by atoms with van der Waals surface area (Å²) in [6, 6.07) is 18.4. The molecule has 2 fully saturated rings. The fourth-order valence-corrected chi connectivity index (χ4v) is 5.89. The van der Waals surface area contributed by atoms with Crippen LogP contribution >= 0.6 is 23.2 Å². The molecule has 0 unspecified atom stereocenters. The lowest BCUT2D eigenvalue weighted by molar-refractivity contribution is 0.0697. The molecule has 9 heteroatoms. The summed E-state index contributed by atoms with van der Waals surface area (Å²) in [5.41, 5.74) is 3.41. The monoisotopic (exact) mass is 580 g/mol. The lowest BCUT2D eigenvalue weighted by Crippen LogP contribution is -2.47. The number of ether oxygens (including phenoxy) is 1. The summed E-state index contributed by atoms with van der Waals surface area (Å²) in [5, 5.41) is 3.65. The average Bonchev–Trinajstić information content (AvgIpc) is 2.97. The van der Waals surface area contributed by atoms with E-state index in [-0.39, 0.29) is 16.8 Å². The molecule has 0 aromatic heterocycles. The predicted molar refractivity (Wildman–Crippen MR) is 163 cm³/mol. The first kappa shape index (κ1) is 28.1. The number of hydrogen-bond donors (Lipinski definition) is 1. The Balaban J connectivity index is 1.39. The van der Waals surface area contributed by atoms with Crippen LogP contribution in [0.1, 0.15) is 40.5 Å². The van der Waals surface area contributed by atoms with Gasteiger partial charge in [0.2, 0.25) is 0 Å². The van der Waals surface area contributed by atoms with Crippen LogP contribution in [0.3, 0.4) is 0 Å². The maximum absolute atomic E-state index is 13.9. The number of piperidine rings is 1. The molecule has 0 saturated carbocycles. The molecule has 0 bridgehead atoms. The molecule has 0 aliphatic carbocycles. The Morgan fingerprint density at radius 3 is 2.17 bits per heavy atom. The molecule has 2 amide bonds. The van der Waals surface area contributed by atoms with Gasteiger partial charge in [-0.2, -0.15) is 0 Å². The molecule has 2 aliphatic rings. The SMILES string of the molecule is COc1ccccc1N1CCN(c2ccc(NC(=O)c3ccc(Cl)cc3Cl)cc2C(=O)N2CCC(C)CC2)CC1. The Hall–Kier alpha value is -3.42. The zero-order valence-corrected chi connectivity index (χ0v) is 24.3. The van der Waals surface area contributed by atoms with Crippen LogP contribution in [0.25, 0.3) is 0 Å². The number of rotatable bonds is 6. The number of nitrogens with zero attached hydrogens (tertiary/aromatic N) is 3. The van der Waals surface area contributed by atoms with Crippen molar-refractivity contribution in [2.75, 3.05) is 61.5 Å². The standard InChI is InChI=1S/C31H34Cl2N4O3/c1-21-11-13-37(14-12-21)31(39)25-20-23(34-30(38)24-9-7-22(32)19-26(24)33)8-10-27(25)35-15-17-36(18-16-35)28-5-3-4-6-29(28)40-2/h3-10,19-21H,11-18H2,1-2H3,(H,34,38). The first-order chi connectivity index (χ1) is 19.3. The van der Waals surface area contributed by atoms with Gasteiger partial charge in [0, 0.05) is 55.7 Å². The van der Waals surface area contributed by atoms with E-state index in [0.717, 1.165) is 69.2 Å². The van der Waals surface area contributed by atoms with Crippen LogP contribution in [-0.2, 0) is 0 Å². The summed E-state index contributed by atoms with van der Waals surface area (Å²) in [6.07, 6.45) is 1.98. The maximum Gasteiger partial charge on any atom is 0.257 e. The molecule has 3 aromatic rings. The third-order valence-electron chi connectivity index (χ3n) is 7.78. The van der Waals surface area contributed by atoms with Crippen molar-refractivity contribution in [3.8, 4) is 5.75 Å². The Kier molecular flexibility index (Phi) is 8.72. The van der Waals surface area contributed by atoms with Gasteiger partial charge >= 0.3 is 0 Å². The van der Waals surface area contributed by atoms with E-state index < -0.39 is 0 Å². The van der Waals surface area contributed by atoms with Crippen LogP contribution in [-0.4, -0.2) is 63.1 Å². The highest BCUT2D eigenvalue weighted by Gasteiger charge is 2.28. The molecule has 7 nitrogen and oxygen atoms in total. The molecule has 3 aromatic carbocycles. The number of carbonyl (C=O) groups excluding carboxylic acids is 2. The van der Waals surface area contributed by atoms with Gasteiger partial charge < -0.3 is 24.8 Å². The number of anilines is 3. The first-order valence-corrected chi connectivity index (χ1v) is 14.4. The van der Waals surface area contributed by atoms with Gasteiger partial charge in [0.1, 0.15) is 5.75 Å². The number of piperazine rings is 1. The number of amides is 2. The van der Waals surface area contributed by atoms with Crippen LogP contribution in [0.2, 0.25) is 10.0 Å². The Morgan fingerprint density at radius 1 is 0.825 bits per heavy atom. The molecule has 0 radical (unpaired) electrons. The number of hydrogen-bond acceptors (Lipinski definition) is 5. The second-order valence-corrected chi connectivity index (χ2v) is 11.3. The predicted octanol–water partition coefficient (Wildman–Crippen LogP) is 6.45. The Bertz CT molecular complexity index is 1380. The molecule has 40 heavy (non-hydrogen) atoms. The van der Waals surface area contributed by atoms with Crippen molar-refractivity contribution in [1.29, 1.82) is 0 Å². The van der Waals surface area contributed by atoms with Gasteiger partial charge in [0.05, 0.1) is 28.9 Å². The van der Waals surface area contributed by atoms with E-state index in [2.05, 4.69) is 28.1 Å². The molecular weight excluding hydrogens is 547 g/mol. The topological polar surface area (TPSA) is 65.1 Å². The van der Waals surface area contributed by atoms with E-state index in [1.807, 2.05) is 35.2 Å². The first-order valence-electron chi connectivity index (χ1n) is 13.7. The second-order valence-electron chi connectivity index (χ2n) is 10.4. The number of carbonyl (C=O) groups is 2. The number of halogens is 2. The van der Waals surface area contributed by atoms with E-state index in [1.54, 1.807) is 25.3 Å². The largest absolute Gasteiger partial charge is 0.495 e. The molecule has 210 valence electrons. The average molecular weight is 582 g/mol. The van der Waals surface area contributed by atoms with Crippen molar-refractivity contribution < 1.29 is 14.3 Å². The van der Waals surface area contributed by atoms with Gasteiger partial charge in [-0.15, -0.1) is 0 Å². The van der Waals surface area contributed by atoms with Crippen molar-refractivity contribution in [3.05, 3.63) is 81.8 Å². The summed E-state index contributed by atoms with van der Waals surface area (Å²) in [7, 11) is 1.69. The fraction of sp³-hybridized carbons (Fsp3) is 0.355. The third-order valence-corrected chi connectivity index (χ3v) is 8.33. The number of benzene rings is 3. The highest BCUT2D eigenvalue weighted by Crippen LogP contribution is 2.32. The summed E-state index contributed by atoms with van der Waals surface area (Å²) >= 11 is 12.3. The van der Waals surface area contributed by atoms with Gasteiger partial charge in [0.15, 0.2) is 0 Å². The molecule has 1 N–H and O–H groups in total. The minimum absolute atomic E-state index is 0.00492. The van der Waals surface area contributed by atoms with Crippen LogP contribution in [0.4, 0.5) is 17.1 Å². The number of nitrogens with one attached hydrogen (secondary N) is 1. The van der Waals surface area contributed by atoms with E-state index in [0.29, 0.717) is 27.8 Å².